The van der Waals surface area contributed by atoms with E-state index in [-0.39, 0.29) is 18.0 Å². The van der Waals surface area contributed by atoms with Crippen molar-refractivity contribution in [2.45, 2.75) is 44.9 Å². The van der Waals surface area contributed by atoms with Gasteiger partial charge in [0, 0.05) is 5.38 Å². The molecule has 2 rings (SSSR count). The molecule has 1 aliphatic rings. The molecule has 2 atom stereocenters. The van der Waals surface area contributed by atoms with Crippen LogP contribution in [-0.2, 0) is 14.4 Å². The number of ether oxygens (including phenoxy) is 1. The zero-order chi connectivity index (χ0) is 15.2. The fourth-order valence-corrected chi connectivity index (χ4v) is 2.62. The Hall–Kier alpha value is -1.70. The molecule has 0 saturated heterocycles. The minimum atomic E-state index is -1.06. The molecule has 21 heavy (non-hydrogen) atoms. The lowest BCUT2D eigenvalue weighted by Crippen LogP contribution is -2.29. The summed E-state index contributed by atoms with van der Waals surface area (Å²) in [6, 6.07) is 0. The van der Waals surface area contributed by atoms with Gasteiger partial charge in [-0.3, -0.25) is 0 Å². The van der Waals surface area contributed by atoms with Gasteiger partial charge in [-0.25, -0.2) is 14.2 Å². The lowest BCUT2D eigenvalue weighted by Gasteiger charge is -2.23. The van der Waals surface area contributed by atoms with Crippen LogP contribution < -0.4 is 5.73 Å². The fourth-order valence-electron chi connectivity index (χ4n) is 2.08. The highest BCUT2D eigenvalue weighted by atomic mass is 32.1. The number of aromatic nitrogens is 1. The summed E-state index contributed by atoms with van der Waals surface area (Å²) in [6.07, 6.45) is 1.08. The smallest absolute Gasteiger partial charge is 0.362 e. The predicted octanol–water partition coefficient (Wildman–Crippen LogP) is 2.29. The SMILES string of the molecule is CCOC(=O)C(=NOC1CCCCC1F)c1csc(N)n1. The summed E-state index contributed by atoms with van der Waals surface area (Å²) in [6.45, 7) is 1.89. The number of anilines is 1. The van der Waals surface area contributed by atoms with Crippen LogP contribution in [0.15, 0.2) is 10.5 Å². The molecule has 1 aliphatic carbocycles. The van der Waals surface area contributed by atoms with Crippen molar-refractivity contribution < 1.29 is 18.8 Å². The van der Waals surface area contributed by atoms with E-state index in [0.29, 0.717) is 18.0 Å². The van der Waals surface area contributed by atoms with Crippen LogP contribution in [-0.4, -0.2) is 35.5 Å². The van der Waals surface area contributed by atoms with E-state index in [1.54, 1.807) is 12.3 Å². The average molecular weight is 315 g/mol. The number of hydrogen-bond donors (Lipinski definition) is 1. The molecule has 1 aromatic heterocycles. The highest BCUT2D eigenvalue weighted by Crippen LogP contribution is 2.24. The van der Waals surface area contributed by atoms with Gasteiger partial charge in [0.15, 0.2) is 11.2 Å². The molecule has 1 heterocycles. The summed E-state index contributed by atoms with van der Waals surface area (Å²) in [7, 11) is 0. The van der Waals surface area contributed by atoms with Crippen molar-refractivity contribution in [2.24, 2.45) is 5.16 Å². The molecule has 1 saturated carbocycles. The molecule has 2 N–H and O–H groups in total. The van der Waals surface area contributed by atoms with Crippen molar-refractivity contribution in [3.63, 3.8) is 0 Å². The van der Waals surface area contributed by atoms with Gasteiger partial charge in [-0.2, -0.15) is 0 Å². The summed E-state index contributed by atoms with van der Waals surface area (Å²) < 4.78 is 18.6. The van der Waals surface area contributed by atoms with Gasteiger partial charge in [-0.15, -0.1) is 11.3 Å². The quantitative estimate of drug-likeness (QED) is 0.512. The highest BCUT2D eigenvalue weighted by molar-refractivity contribution is 7.13. The molecule has 1 fully saturated rings. The number of thiazole rings is 1. The Kier molecular flexibility index (Phi) is 5.49. The van der Waals surface area contributed by atoms with E-state index in [1.807, 2.05) is 0 Å². The van der Waals surface area contributed by atoms with Crippen molar-refractivity contribution in [1.82, 2.24) is 4.98 Å². The molecule has 1 aromatic rings. The van der Waals surface area contributed by atoms with Gasteiger partial charge in [0.25, 0.3) is 0 Å². The number of nitrogens with two attached hydrogens (primary N) is 1. The number of carbonyl (C=O) groups is 1. The van der Waals surface area contributed by atoms with Crippen LogP contribution >= 0.6 is 11.3 Å². The van der Waals surface area contributed by atoms with Crippen LogP contribution in [0.4, 0.5) is 9.52 Å². The van der Waals surface area contributed by atoms with E-state index in [9.17, 15) is 9.18 Å². The first-order valence-electron chi connectivity index (χ1n) is 6.88. The Morgan fingerprint density at radius 3 is 2.95 bits per heavy atom. The van der Waals surface area contributed by atoms with E-state index in [1.165, 1.54) is 11.3 Å². The second-order valence-electron chi connectivity index (χ2n) is 4.68. The lowest BCUT2D eigenvalue weighted by atomic mass is 9.96. The van der Waals surface area contributed by atoms with E-state index < -0.39 is 18.2 Å². The Balaban J connectivity index is 2.14. The molecule has 0 spiro atoms. The lowest BCUT2D eigenvalue weighted by molar-refractivity contribution is -0.135. The zero-order valence-electron chi connectivity index (χ0n) is 11.8. The van der Waals surface area contributed by atoms with E-state index in [0.717, 1.165) is 12.8 Å². The summed E-state index contributed by atoms with van der Waals surface area (Å²) in [4.78, 5) is 21.1. The Morgan fingerprint density at radius 1 is 1.57 bits per heavy atom. The average Bonchev–Trinajstić information content (AvgIpc) is 2.88. The number of carbonyl (C=O) groups excluding carboxylic acids is 1. The van der Waals surface area contributed by atoms with Crippen molar-refractivity contribution >= 4 is 28.1 Å². The van der Waals surface area contributed by atoms with E-state index >= 15 is 0 Å². The number of hydrogen-bond acceptors (Lipinski definition) is 7. The van der Waals surface area contributed by atoms with Crippen molar-refractivity contribution in [2.75, 3.05) is 12.3 Å². The van der Waals surface area contributed by atoms with Gasteiger partial charge in [0.2, 0.25) is 5.71 Å². The van der Waals surface area contributed by atoms with Crippen LogP contribution in [0, 0.1) is 0 Å². The summed E-state index contributed by atoms with van der Waals surface area (Å²) in [5, 5.41) is 5.68. The summed E-state index contributed by atoms with van der Waals surface area (Å²) >= 11 is 1.18. The Bertz CT molecular complexity index is 521. The first-order chi connectivity index (χ1) is 10.1. The van der Waals surface area contributed by atoms with Crippen molar-refractivity contribution in [3.8, 4) is 0 Å². The first kappa shape index (κ1) is 15.7. The molecule has 0 radical (unpaired) electrons. The van der Waals surface area contributed by atoms with Crippen LogP contribution in [0.1, 0.15) is 38.3 Å². The topological polar surface area (TPSA) is 86.8 Å². The highest BCUT2D eigenvalue weighted by Gasteiger charge is 2.28. The van der Waals surface area contributed by atoms with Gasteiger partial charge < -0.3 is 15.3 Å². The molecule has 116 valence electrons. The number of rotatable bonds is 5. The third-order valence-corrected chi connectivity index (χ3v) is 3.81. The Morgan fingerprint density at radius 2 is 2.33 bits per heavy atom. The monoisotopic (exact) mass is 315 g/mol. The molecule has 8 heteroatoms. The minimum absolute atomic E-state index is 0.0810. The number of halogens is 1. The second kappa shape index (κ2) is 7.35. The summed E-state index contributed by atoms with van der Waals surface area (Å²) in [5.74, 6) is -0.658. The maximum absolute atomic E-state index is 13.7. The standard InChI is InChI=1S/C13H18FN3O3S/c1-2-19-12(18)11(9-7-21-13(15)16-9)17-20-10-6-4-3-5-8(10)14/h7-8,10H,2-6H2,1H3,(H2,15,16). The maximum Gasteiger partial charge on any atom is 0.362 e. The van der Waals surface area contributed by atoms with Gasteiger partial charge in [0.05, 0.1) is 6.61 Å². The minimum Gasteiger partial charge on any atom is -0.461 e. The van der Waals surface area contributed by atoms with Gasteiger partial charge in [-0.1, -0.05) is 11.6 Å². The number of alkyl halides is 1. The largest absolute Gasteiger partial charge is 0.461 e. The van der Waals surface area contributed by atoms with Gasteiger partial charge >= 0.3 is 5.97 Å². The molecule has 0 aliphatic heterocycles. The number of esters is 1. The van der Waals surface area contributed by atoms with E-state index in [2.05, 4.69) is 10.1 Å². The molecule has 6 nitrogen and oxygen atoms in total. The second-order valence-corrected chi connectivity index (χ2v) is 5.57. The molecule has 0 aromatic carbocycles. The number of oxime groups is 1. The first-order valence-corrected chi connectivity index (χ1v) is 7.76. The summed E-state index contributed by atoms with van der Waals surface area (Å²) in [5.41, 5.74) is 5.75. The van der Waals surface area contributed by atoms with Gasteiger partial charge in [-0.05, 0) is 26.2 Å². The van der Waals surface area contributed by atoms with Crippen LogP contribution in [0.2, 0.25) is 0 Å². The molecule has 0 bridgehead atoms. The fraction of sp³-hybridized carbons (Fsp3) is 0.615. The molecular formula is C13H18FN3O3S. The molecule has 2 unspecified atom stereocenters. The predicted molar refractivity (Wildman–Crippen MR) is 77.9 cm³/mol. The molecule has 0 amide bonds. The zero-order valence-corrected chi connectivity index (χ0v) is 12.6. The third kappa shape index (κ3) is 4.13. The maximum atomic E-state index is 13.7. The van der Waals surface area contributed by atoms with Crippen LogP contribution in [0.3, 0.4) is 0 Å². The van der Waals surface area contributed by atoms with Crippen molar-refractivity contribution in [1.29, 1.82) is 0 Å². The molecular weight excluding hydrogens is 297 g/mol. The number of nitrogens with zero attached hydrogens (tertiary/aromatic N) is 2. The number of nitrogen functional groups attached to an aromatic ring is 1. The van der Waals surface area contributed by atoms with Gasteiger partial charge in [0.1, 0.15) is 11.9 Å². The van der Waals surface area contributed by atoms with E-state index in [4.69, 9.17) is 15.3 Å². The van der Waals surface area contributed by atoms with Crippen LogP contribution in [0.25, 0.3) is 0 Å². The Labute approximate surface area is 126 Å². The third-order valence-electron chi connectivity index (χ3n) is 3.13. The van der Waals surface area contributed by atoms with Crippen molar-refractivity contribution in [3.05, 3.63) is 11.1 Å². The van der Waals surface area contributed by atoms with Crippen LogP contribution in [0.5, 0.6) is 0 Å². The normalized spacial score (nSPS) is 22.9.